The summed E-state index contributed by atoms with van der Waals surface area (Å²) in [7, 11) is 0. The number of allylic oxidation sites excluding steroid dienone is 8. The molecular formula is C52H41N3. The minimum atomic E-state index is -0.0153. The van der Waals surface area contributed by atoms with Gasteiger partial charge in [-0.1, -0.05) is 141 Å². The molecule has 0 aliphatic heterocycles. The SMILES string of the molecule is CC1(C)c2ccccc2-c2ccc(C3=CC=C(c4cc(C5=CC=C(c6cccnc6)CC5)nc(-c5cccc(-c6cccc7ccccc67)c5)n4)CC3)cc21. The third kappa shape index (κ3) is 5.97. The molecule has 5 aromatic carbocycles. The van der Waals surface area contributed by atoms with Gasteiger partial charge in [0.25, 0.3) is 0 Å². The van der Waals surface area contributed by atoms with E-state index >= 15 is 0 Å². The van der Waals surface area contributed by atoms with Crippen LogP contribution in [0.5, 0.6) is 0 Å². The van der Waals surface area contributed by atoms with Gasteiger partial charge in [-0.2, -0.15) is 0 Å². The first-order valence-corrected chi connectivity index (χ1v) is 19.4. The summed E-state index contributed by atoms with van der Waals surface area (Å²) < 4.78 is 0. The van der Waals surface area contributed by atoms with Gasteiger partial charge in [-0.05, 0) is 128 Å². The molecule has 0 saturated carbocycles. The van der Waals surface area contributed by atoms with E-state index in [2.05, 4.69) is 164 Å². The Kier molecular flexibility index (Phi) is 8.10. The minimum absolute atomic E-state index is 0.0153. The average Bonchev–Trinajstić information content (AvgIpc) is 3.49. The van der Waals surface area contributed by atoms with Crippen molar-refractivity contribution in [2.75, 3.05) is 0 Å². The molecule has 3 aliphatic carbocycles. The number of hydrogen-bond donors (Lipinski definition) is 0. The van der Waals surface area contributed by atoms with Crippen LogP contribution in [0.3, 0.4) is 0 Å². The van der Waals surface area contributed by atoms with E-state index in [9.17, 15) is 0 Å². The van der Waals surface area contributed by atoms with E-state index in [4.69, 9.17) is 9.97 Å². The molecule has 7 aromatic rings. The Bertz CT molecular complexity index is 2770. The van der Waals surface area contributed by atoms with E-state index in [1.54, 1.807) is 0 Å². The van der Waals surface area contributed by atoms with Gasteiger partial charge < -0.3 is 0 Å². The van der Waals surface area contributed by atoms with Crippen LogP contribution in [0.1, 0.15) is 73.2 Å². The van der Waals surface area contributed by atoms with Crippen molar-refractivity contribution in [3.8, 4) is 33.6 Å². The zero-order valence-electron chi connectivity index (χ0n) is 31.3. The highest BCUT2D eigenvalue weighted by Gasteiger charge is 2.35. The normalized spacial score (nSPS) is 15.7. The van der Waals surface area contributed by atoms with Crippen molar-refractivity contribution >= 4 is 33.1 Å². The van der Waals surface area contributed by atoms with Gasteiger partial charge in [0.1, 0.15) is 0 Å². The molecule has 2 aromatic heterocycles. The lowest BCUT2D eigenvalue weighted by Gasteiger charge is -2.23. The third-order valence-corrected chi connectivity index (χ3v) is 11.9. The van der Waals surface area contributed by atoms with Gasteiger partial charge >= 0.3 is 0 Å². The summed E-state index contributed by atoms with van der Waals surface area (Å²) >= 11 is 0. The molecule has 0 spiro atoms. The molecule has 10 rings (SSSR count). The van der Waals surface area contributed by atoms with Crippen LogP contribution in [-0.4, -0.2) is 15.0 Å². The highest BCUT2D eigenvalue weighted by Crippen LogP contribution is 2.49. The summed E-state index contributed by atoms with van der Waals surface area (Å²) in [5.74, 6) is 0.758. The van der Waals surface area contributed by atoms with E-state index in [-0.39, 0.29) is 5.41 Å². The highest BCUT2D eigenvalue weighted by molar-refractivity contribution is 5.97. The maximum absolute atomic E-state index is 5.31. The van der Waals surface area contributed by atoms with Crippen LogP contribution in [0.2, 0.25) is 0 Å². The predicted molar refractivity (Wildman–Crippen MR) is 229 cm³/mol. The smallest absolute Gasteiger partial charge is 0.160 e. The van der Waals surface area contributed by atoms with Gasteiger partial charge in [0.05, 0.1) is 11.4 Å². The van der Waals surface area contributed by atoms with Gasteiger partial charge in [0, 0.05) is 23.4 Å². The summed E-state index contributed by atoms with van der Waals surface area (Å²) in [6.07, 6.45) is 16.6. The largest absolute Gasteiger partial charge is 0.264 e. The van der Waals surface area contributed by atoms with Crippen molar-refractivity contribution in [2.45, 2.75) is 44.9 Å². The van der Waals surface area contributed by atoms with Gasteiger partial charge in [0.15, 0.2) is 5.82 Å². The lowest BCUT2D eigenvalue weighted by molar-refractivity contribution is 0.660. The lowest BCUT2D eigenvalue weighted by Crippen LogP contribution is -2.15. The zero-order chi connectivity index (χ0) is 36.9. The van der Waals surface area contributed by atoms with Gasteiger partial charge in [0.2, 0.25) is 0 Å². The standard InChI is InChI=1S/C52H41N3/c1-52(2)47-18-6-5-16-45(47)46-28-27-39(31-48(46)52)34-19-23-37(24-20-34)49-32-50(38-25-21-35(22-26-38)42-14-9-29-53-33-42)55-51(54-49)41-13-7-12-40(30-41)44-17-8-11-36-10-3-4-15-43(36)44/h3-19,21,23,25,27-33H,20,22,24,26H2,1-2H3. The predicted octanol–water partition coefficient (Wildman–Crippen LogP) is 13.2. The molecule has 0 N–H and O–H groups in total. The number of aromatic nitrogens is 3. The number of hydrogen-bond acceptors (Lipinski definition) is 3. The Labute approximate surface area is 323 Å². The highest BCUT2D eigenvalue weighted by atomic mass is 14.9. The van der Waals surface area contributed by atoms with Gasteiger partial charge in [-0.3, -0.25) is 4.98 Å². The zero-order valence-corrected chi connectivity index (χ0v) is 31.3. The monoisotopic (exact) mass is 707 g/mol. The Morgan fingerprint density at radius 3 is 1.84 bits per heavy atom. The molecule has 0 atom stereocenters. The van der Waals surface area contributed by atoms with Crippen LogP contribution in [0.25, 0.3) is 66.7 Å². The van der Waals surface area contributed by atoms with E-state index in [0.717, 1.165) is 54.0 Å². The first-order chi connectivity index (χ1) is 27.0. The second kappa shape index (κ2) is 13.4. The molecule has 0 radical (unpaired) electrons. The number of benzene rings is 5. The van der Waals surface area contributed by atoms with Crippen LogP contribution in [-0.2, 0) is 5.41 Å². The van der Waals surface area contributed by atoms with Crippen LogP contribution < -0.4 is 0 Å². The summed E-state index contributed by atoms with van der Waals surface area (Å²) in [4.78, 5) is 14.9. The minimum Gasteiger partial charge on any atom is -0.264 e. The number of nitrogens with zero attached hydrogens (tertiary/aromatic N) is 3. The summed E-state index contributed by atoms with van der Waals surface area (Å²) in [5, 5.41) is 2.48. The van der Waals surface area contributed by atoms with Gasteiger partial charge in [-0.25, -0.2) is 9.97 Å². The fraction of sp³-hybridized carbons (Fsp3) is 0.135. The number of fused-ring (bicyclic) bond motifs is 4. The lowest BCUT2D eigenvalue weighted by atomic mass is 9.81. The fourth-order valence-electron chi connectivity index (χ4n) is 8.85. The second-order valence-electron chi connectivity index (χ2n) is 15.5. The summed E-state index contributed by atoms with van der Waals surface area (Å²) in [5.41, 5.74) is 18.6. The second-order valence-corrected chi connectivity index (χ2v) is 15.5. The van der Waals surface area contributed by atoms with Crippen molar-refractivity contribution in [1.29, 1.82) is 0 Å². The maximum atomic E-state index is 5.31. The molecule has 3 aliphatic rings. The molecule has 0 bridgehead atoms. The summed E-state index contributed by atoms with van der Waals surface area (Å²) in [6.45, 7) is 4.71. The van der Waals surface area contributed by atoms with Crippen LogP contribution in [0, 0.1) is 0 Å². The Morgan fingerprint density at radius 2 is 1.07 bits per heavy atom. The van der Waals surface area contributed by atoms with Crippen LogP contribution in [0.4, 0.5) is 0 Å². The molecular weight excluding hydrogens is 667 g/mol. The molecule has 0 fully saturated rings. The molecule has 0 saturated heterocycles. The Hall–Kier alpha value is -6.45. The van der Waals surface area contributed by atoms with Crippen LogP contribution >= 0.6 is 0 Å². The number of pyridine rings is 1. The van der Waals surface area contributed by atoms with E-state index < -0.39 is 0 Å². The number of rotatable bonds is 6. The fourth-order valence-corrected chi connectivity index (χ4v) is 8.85. The van der Waals surface area contributed by atoms with Crippen molar-refractivity contribution in [2.24, 2.45) is 0 Å². The van der Waals surface area contributed by atoms with E-state index in [1.807, 2.05) is 18.5 Å². The van der Waals surface area contributed by atoms with E-state index in [0.29, 0.717) is 0 Å². The topological polar surface area (TPSA) is 38.7 Å². The first kappa shape index (κ1) is 33.1. The summed E-state index contributed by atoms with van der Waals surface area (Å²) in [6, 6.07) is 46.2. The van der Waals surface area contributed by atoms with Gasteiger partial charge in [-0.15, -0.1) is 0 Å². The molecule has 3 nitrogen and oxygen atoms in total. The van der Waals surface area contributed by atoms with Crippen LogP contribution in [0.15, 0.2) is 164 Å². The molecule has 3 heteroatoms. The van der Waals surface area contributed by atoms with E-state index in [1.165, 1.54) is 72.0 Å². The molecule has 0 amide bonds. The first-order valence-electron chi connectivity index (χ1n) is 19.4. The van der Waals surface area contributed by atoms with Crippen molar-refractivity contribution in [1.82, 2.24) is 15.0 Å². The quantitative estimate of drug-likeness (QED) is 0.173. The Balaban J connectivity index is 1.04. The molecule has 55 heavy (non-hydrogen) atoms. The maximum Gasteiger partial charge on any atom is 0.160 e. The van der Waals surface area contributed by atoms with Crippen molar-refractivity contribution in [3.63, 3.8) is 0 Å². The molecule has 0 unspecified atom stereocenters. The third-order valence-electron chi connectivity index (χ3n) is 11.9. The molecule has 264 valence electrons. The molecule has 2 heterocycles. The average molecular weight is 708 g/mol. The van der Waals surface area contributed by atoms with Crippen molar-refractivity contribution < 1.29 is 0 Å². The Morgan fingerprint density at radius 1 is 0.455 bits per heavy atom. The van der Waals surface area contributed by atoms with Crippen molar-refractivity contribution in [3.05, 3.63) is 198 Å².